The number of hydrogen-bond acceptors (Lipinski definition) is 5. The third kappa shape index (κ3) is 65.4. The van der Waals surface area contributed by atoms with Gasteiger partial charge in [0.2, 0.25) is 5.91 Å². The molecule has 0 aliphatic heterocycles. The van der Waals surface area contributed by atoms with Crippen molar-refractivity contribution in [2.75, 3.05) is 13.2 Å². The molecule has 6 heteroatoms. The smallest absolute Gasteiger partial charge is 0.305 e. The van der Waals surface area contributed by atoms with Gasteiger partial charge in [0.15, 0.2) is 0 Å². The Morgan fingerprint density at radius 1 is 0.342 bits per heavy atom. The van der Waals surface area contributed by atoms with Crippen molar-refractivity contribution in [3.63, 3.8) is 0 Å². The maximum atomic E-state index is 12.5. The number of carbonyl (C=O) groups excluding carboxylic acids is 2. The van der Waals surface area contributed by atoms with E-state index in [1.165, 1.54) is 340 Å². The van der Waals surface area contributed by atoms with E-state index in [1.807, 2.05) is 6.08 Å². The van der Waals surface area contributed by atoms with Crippen molar-refractivity contribution in [2.45, 2.75) is 418 Å². The molecule has 0 saturated carbocycles. The van der Waals surface area contributed by atoms with Crippen LogP contribution in [-0.4, -0.2) is 47.4 Å². The third-order valence-electron chi connectivity index (χ3n) is 17.0. The van der Waals surface area contributed by atoms with Crippen LogP contribution in [0.2, 0.25) is 0 Å². The molecule has 0 radical (unpaired) electrons. The van der Waals surface area contributed by atoms with Crippen LogP contribution in [0.4, 0.5) is 0 Å². The zero-order chi connectivity index (χ0) is 57.1. The minimum Gasteiger partial charge on any atom is -0.466 e. The van der Waals surface area contributed by atoms with Crippen molar-refractivity contribution in [1.82, 2.24) is 5.32 Å². The highest BCUT2D eigenvalue weighted by molar-refractivity contribution is 5.76. The molecular formula is C73H141NO5. The van der Waals surface area contributed by atoms with Crippen LogP contribution in [0.5, 0.6) is 0 Å². The molecule has 79 heavy (non-hydrogen) atoms. The van der Waals surface area contributed by atoms with Crippen LogP contribution in [0.25, 0.3) is 0 Å². The first-order valence-corrected chi connectivity index (χ1v) is 36.1. The van der Waals surface area contributed by atoms with E-state index in [-0.39, 0.29) is 18.5 Å². The largest absolute Gasteiger partial charge is 0.466 e. The topological polar surface area (TPSA) is 95.9 Å². The van der Waals surface area contributed by atoms with Gasteiger partial charge >= 0.3 is 5.97 Å². The molecule has 0 aromatic heterocycles. The number of nitrogens with one attached hydrogen (secondary N) is 1. The van der Waals surface area contributed by atoms with Gasteiger partial charge in [-0.25, -0.2) is 0 Å². The molecule has 2 unspecified atom stereocenters. The number of hydrogen-bond donors (Lipinski definition) is 3. The number of carbonyl (C=O) groups is 2. The fourth-order valence-electron chi connectivity index (χ4n) is 11.5. The predicted octanol–water partition coefficient (Wildman–Crippen LogP) is 23.3. The first-order chi connectivity index (χ1) is 39.0. The van der Waals surface area contributed by atoms with Gasteiger partial charge in [0.25, 0.3) is 0 Å². The summed E-state index contributed by atoms with van der Waals surface area (Å²) in [7, 11) is 0. The Balaban J connectivity index is 3.33. The highest BCUT2D eigenvalue weighted by Gasteiger charge is 2.18. The molecule has 0 bridgehead atoms. The average molecular weight is 1110 g/mol. The summed E-state index contributed by atoms with van der Waals surface area (Å²) in [6.45, 7) is 4.93. The van der Waals surface area contributed by atoms with Gasteiger partial charge in [0.1, 0.15) is 0 Å². The molecule has 3 N–H and O–H groups in total. The summed E-state index contributed by atoms with van der Waals surface area (Å²) < 4.78 is 5.51. The zero-order valence-corrected chi connectivity index (χ0v) is 53.6. The van der Waals surface area contributed by atoms with Crippen LogP contribution in [0.3, 0.4) is 0 Å². The third-order valence-corrected chi connectivity index (χ3v) is 17.0. The molecular weight excluding hydrogens is 971 g/mol. The number of aliphatic hydroxyl groups excluding tert-OH is 2. The summed E-state index contributed by atoms with van der Waals surface area (Å²) in [5, 5.41) is 23.1. The summed E-state index contributed by atoms with van der Waals surface area (Å²) in [6, 6.07) is -0.624. The molecule has 1 amide bonds. The van der Waals surface area contributed by atoms with Crippen LogP contribution in [0.15, 0.2) is 24.3 Å². The van der Waals surface area contributed by atoms with Crippen LogP contribution in [0, 0.1) is 0 Å². The molecule has 0 fully saturated rings. The number of amides is 1. The van der Waals surface area contributed by atoms with Gasteiger partial charge in [-0.05, 0) is 57.8 Å². The molecule has 468 valence electrons. The molecule has 2 atom stereocenters. The van der Waals surface area contributed by atoms with Crippen molar-refractivity contribution in [3.8, 4) is 0 Å². The minimum atomic E-state index is -0.841. The monoisotopic (exact) mass is 1110 g/mol. The highest BCUT2D eigenvalue weighted by atomic mass is 16.5. The van der Waals surface area contributed by atoms with E-state index < -0.39 is 12.1 Å². The van der Waals surface area contributed by atoms with Gasteiger partial charge in [-0.1, -0.05) is 359 Å². The first-order valence-electron chi connectivity index (χ1n) is 36.1. The van der Waals surface area contributed by atoms with Crippen molar-refractivity contribution in [1.29, 1.82) is 0 Å². The molecule has 0 heterocycles. The number of aliphatic hydroxyl groups is 2. The molecule has 0 aromatic carbocycles. The van der Waals surface area contributed by atoms with Crippen LogP contribution in [0.1, 0.15) is 406 Å². The summed E-state index contributed by atoms with van der Waals surface area (Å²) in [5.41, 5.74) is 0. The van der Waals surface area contributed by atoms with E-state index in [0.717, 1.165) is 38.5 Å². The van der Waals surface area contributed by atoms with Crippen molar-refractivity contribution in [2.24, 2.45) is 0 Å². The normalized spacial score (nSPS) is 12.6. The van der Waals surface area contributed by atoms with Gasteiger partial charge in [-0.15, -0.1) is 0 Å². The Bertz CT molecular complexity index is 1230. The maximum absolute atomic E-state index is 12.5. The van der Waals surface area contributed by atoms with E-state index in [9.17, 15) is 19.8 Å². The van der Waals surface area contributed by atoms with Gasteiger partial charge < -0.3 is 20.3 Å². The number of rotatable bonds is 68. The van der Waals surface area contributed by atoms with E-state index in [1.54, 1.807) is 6.08 Å². The SMILES string of the molecule is CCCCCCCCCCCC/C=C/C(O)C(CO)NC(=O)CCCCCCCCCCCCCCCCCC/C=C\CCCCCCCCCCCCCCOC(=O)CCCCCCCCCCCCCCCCCCCC. The standard InChI is InChI=1S/C73H141NO5/c1-3-5-7-9-11-13-15-17-18-19-37-40-43-47-51-55-59-63-67-73(78)79-68-64-60-56-52-48-44-41-38-35-33-31-29-27-25-23-21-20-22-24-26-28-30-32-34-36-39-42-46-50-54-58-62-66-72(77)74-70(69-75)71(76)65-61-57-53-49-45-16-14-12-10-8-6-4-2/h23,25,61,65,70-71,75-76H,3-22,24,26-60,62-64,66-69H2,1-2H3,(H,74,77)/b25-23-,65-61+. The van der Waals surface area contributed by atoms with Gasteiger partial charge in [-0.3, -0.25) is 9.59 Å². The molecule has 0 saturated heterocycles. The van der Waals surface area contributed by atoms with Crippen LogP contribution < -0.4 is 5.32 Å². The Morgan fingerprint density at radius 2 is 0.595 bits per heavy atom. The Kier molecular flexibility index (Phi) is 67.4. The second kappa shape index (κ2) is 68.8. The van der Waals surface area contributed by atoms with Crippen LogP contribution in [-0.2, 0) is 14.3 Å². The Hall–Kier alpha value is -1.66. The summed E-state index contributed by atoms with van der Waals surface area (Å²) in [5.74, 6) is -0.0412. The lowest BCUT2D eigenvalue weighted by atomic mass is 10.0. The molecule has 0 spiro atoms. The number of ether oxygens (including phenoxy) is 1. The van der Waals surface area contributed by atoms with E-state index in [4.69, 9.17) is 4.74 Å². The number of esters is 1. The lowest BCUT2D eigenvalue weighted by molar-refractivity contribution is -0.143. The van der Waals surface area contributed by atoms with E-state index in [2.05, 4.69) is 31.3 Å². The Morgan fingerprint density at radius 3 is 0.899 bits per heavy atom. The van der Waals surface area contributed by atoms with Gasteiger partial charge in [0.05, 0.1) is 25.4 Å². The lowest BCUT2D eigenvalue weighted by Crippen LogP contribution is -2.45. The molecule has 0 rings (SSSR count). The summed E-state index contributed by atoms with van der Waals surface area (Å²) >= 11 is 0. The fourth-order valence-corrected chi connectivity index (χ4v) is 11.5. The van der Waals surface area contributed by atoms with Crippen molar-refractivity contribution < 1.29 is 24.5 Å². The van der Waals surface area contributed by atoms with Gasteiger partial charge in [0, 0.05) is 12.8 Å². The van der Waals surface area contributed by atoms with Gasteiger partial charge in [-0.2, -0.15) is 0 Å². The highest BCUT2D eigenvalue weighted by Crippen LogP contribution is 2.19. The molecule has 0 aliphatic carbocycles. The molecule has 0 aromatic rings. The zero-order valence-electron chi connectivity index (χ0n) is 53.6. The lowest BCUT2D eigenvalue weighted by Gasteiger charge is -2.20. The van der Waals surface area contributed by atoms with E-state index in [0.29, 0.717) is 19.4 Å². The summed E-state index contributed by atoms with van der Waals surface area (Å²) in [4.78, 5) is 24.6. The number of unbranched alkanes of at least 4 members (excludes halogenated alkanes) is 55. The van der Waals surface area contributed by atoms with Crippen molar-refractivity contribution >= 4 is 11.9 Å². The fraction of sp³-hybridized carbons (Fsp3) is 0.918. The second-order valence-corrected chi connectivity index (χ2v) is 24.9. The number of allylic oxidation sites excluding steroid dienone is 3. The first kappa shape index (κ1) is 77.3. The molecule has 0 aliphatic rings. The second-order valence-electron chi connectivity index (χ2n) is 24.9. The molecule has 6 nitrogen and oxygen atoms in total. The van der Waals surface area contributed by atoms with Crippen molar-refractivity contribution in [3.05, 3.63) is 24.3 Å². The van der Waals surface area contributed by atoms with E-state index >= 15 is 0 Å². The predicted molar refractivity (Wildman–Crippen MR) is 347 cm³/mol. The Labute approximate surface area is 494 Å². The summed E-state index contributed by atoms with van der Waals surface area (Å²) in [6.07, 6.45) is 87.1. The van der Waals surface area contributed by atoms with Crippen LogP contribution >= 0.6 is 0 Å². The quantitative estimate of drug-likeness (QED) is 0.0320. The minimum absolute atomic E-state index is 0.0230. The average Bonchev–Trinajstić information content (AvgIpc) is 3.45. The maximum Gasteiger partial charge on any atom is 0.305 e.